The molecule has 1 aliphatic carbocycles. The van der Waals surface area contributed by atoms with Crippen molar-refractivity contribution in [3.63, 3.8) is 0 Å². The number of nitrogens with one attached hydrogen (secondary N) is 1. The Balaban J connectivity index is 1.60. The Kier molecular flexibility index (Phi) is 3.70. The Bertz CT molecular complexity index is 447. The molecule has 1 spiro atoms. The first-order chi connectivity index (χ1) is 9.17. The Morgan fingerprint density at radius 1 is 1.21 bits per heavy atom. The Labute approximate surface area is 119 Å². The normalized spacial score (nSPS) is 22.8. The average Bonchev–Trinajstić information content (AvgIpc) is 2.84. The molecule has 0 amide bonds. The molecule has 1 aliphatic heterocycles. The van der Waals surface area contributed by atoms with Crippen LogP contribution in [0.5, 0.6) is 0 Å². The van der Waals surface area contributed by atoms with Gasteiger partial charge in [-0.3, -0.25) is 0 Å². The zero-order valence-corrected chi connectivity index (χ0v) is 12.0. The lowest BCUT2D eigenvalue weighted by atomic mass is 9.90. The van der Waals surface area contributed by atoms with E-state index < -0.39 is 0 Å². The van der Waals surface area contributed by atoms with Gasteiger partial charge in [-0.2, -0.15) is 0 Å². The lowest BCUT2D eigenvalue weighted by molar-refractivity contribution is -0.177. The standard InChI is InChI=1S/C15H20ClNO2/c1-11-10-12(16)2-3-14(11)17-13-4-6-15(7-5-13)18-8-9-19-15/h2-3,10,13,17H,4-9H2,1H3. The van der Waals surface area contributed by atoms with Crippen molar-refractivity contribution in [3.05, 3.63) is 28.8 Å². The van der Waals surface area contributed by atoms with E-state index in [0.717, 1.165) is 43.9 Å². The zero-order chi connectivity index (χ0) is 13.3. The van der Waals surface area contributed by atoms with Gasteiger partial charge in [-0.05, 0) is 43.5 Å². The van der Waals surface area contributed by atoms with Crippen molar-refractivity contribution in [2.45, 2.75) is 44.4 Å². The molecular formula is C15H20ClNO2. The zero-order valence-electron chi connectivity index (χ0n) is 11.2. The number of halogens is 1. The fourth-order valence-corrected chi connectivity index (χ4v) is 3.22. The molecule has 4 heteroatoms. The van der Waals surface area contributed by atoms with Gasteiger partial charge in [0.1, 0.15) is 0 Å². The van der Waals surface area contributed by atoms with Gasteiger partial charge in [0.05, 0.1) is 13.2 Å². The lowest BCUT2D eigenvalue weighted by Crippen LogP contribution is -2.39. The minimum absolute atomic E-state index is 0.271. The summed E-state index contributed by atoms with van der Waals surface area (Å²) >= 11 is 5.98. The number of anilines is 1. The second kappa shape index (κ2) is 5.31. The van der Waals surface area contributed by atoms with E-state index in [-0.39, 0.29) is 5.79 Å². The van der Waals surface area contributed by atoms with Crippen molar-refractivity contribution < 1.29 is 9.47 Å². The summed E-state index contributed by atoms with van der Waals surface area (Å²) in [5.41, 5.74) is 2.37. The summed E-state index contributed by atoms with van der Waals surface area (Å²) in [6.45, 7) is 3.57. The fourth-order valence-electron chi connectivity index (χ4n) is 3.00. The molecule has 0 aromatic heterocycles. The summed E-state index contributed by atoms with van der Waals surface area (Å²) in [6.07, 6.45) is 4.14. The molecule has 104 valence electrons. The van der Waals surface area contributed by atoms with Gasteiger partial charge in [-0.15, -0.1) is 0 Å². The molecule has 0 atom stereocenters. The molecule has 1 saturated carbocycles. The highest BCUT2D eigenvalue weighted by molar-refractivity contribution is 6.30. The first kappa shape index (κ1) is 13.2. The van der Waals surface area contributed by atoms with Gasteiger partial charge in [0.25, 0.3) is 0 Å². The monoisotopic (exact) mass is 281 g/mol. The van der Waals surface area contributed by atoms with Crippen molar-refractivity contribution in [1.82, 2.24) is 0 Å². The Morgan fingerprint density at radius 3 is 2.53 bits per heavy atom. The largest absolute Gasteiger partial charge is 0.382 e. The third-order valence-electron chi connectivity index (χ3n) is 4.11. The van der Waals surface area contributed by atoms with Crippen molar-refractivity contribution in [1.29, 1.82) is 0 Å². The fraction of sp³-hybridized carbons (Fsp3) is 0.600. The van der Waals surface area contributed by atoms with Crippen LogP contribution in [0.2, 0.25) is 5.02 Å². The van der Waals surface area contributed by atoms with E-state index in [1.807, 2.05) is 12.1 Å². The summed E-state index contributed by atoms with van der Waals surface area (Å²) in [7, 11) is 0. The van der Waals surface area contributed by atoms with E-state index in [1.54, 1.807) is 0 Å². The third kappa shape index (κ3) is 2.88. The number of aryl methyl sites for hydroxylation is 1. The van der Waals surface area contributed by atoms with E-state index >= 15 is 0 Å². The van der Waals surface area contributed by atoms with Crippen LogP contribution >= 0.6 is 11.6 Å². The predicted octanol–water partition coefficient (Wildman–Crippen LogP) is 3.75. The molecule has 0 unspecified atom stereocenters. The Morgan fingerprint density at radius 2 is 1.89 bits per heavy atom. The minimum atomic E-state index is -0.271. The van der Waals surface area contributed by atoms with E-state index in [4.69, 9.17) is 21.1 Å². The molecule has 0 radical (unpaired) electrons. The van der Waals surface area contributed by atoms with Gasteiger partial charge in [0.2, 0.25) is 0 Å². The molecule has 1 N–H and O–H groups in total. The van der Waals surface area contributed by atoms with Gasteiger partial charge in [0, 0.05) is 29.6 Å². The van der Waals surface area contributed by atoms with E-state index in [2.05, 4.69) is 18.3 Å². The molecule has 1 aromatic rings. The Hall–Kier alpha value is -0.770. The molecule has 2 aliphatic rings. The molecule has 3 nitrogen and oxygen atoms in total. The molecule has 2 fully saturated rings. The van der Waals surface area contributed by atoms with E-state index in [0.29, 0.717) is 6.04 Å². The van der Waals surface area contributed by atoms with Crippen LogP contribution in [0.1, 0.15) is 31.2 Å². The topological polar surface area (TPSA) is 30.5 Å². The van der Waals surface area contributed by atoms with Crippen LogP contribution in [0.15, 0.2) is 18.2 Å². The second-order valence-corrected chi connectivity index (χ2v) is 5.92. The first-order valence-electron chi connectivity index (χ1n) is 6.97. The van der Waals surface area contributed by atoms with Crippen molar-refractivity contribution in [2.24, 2.45) is 0 Å². The van der Waals surface area contributed by atoms with Crippen molar-refractivity contribution in [2.75, 3.05) is 18.5 Å². The SMILES string of the molecule is Cc1cc(Cl)ccc1NC1CCC2(CC1)OCCO2. The van der Waals surface area contributed by atoms with Gasteiger partial charge in [0.15, 0.2) is 5.79 Å². The molecular weight excluding hydrogens is 262 g/mol. The number of rotatable bonds is 2. The highest BCUT2D eigenvalue weighted by Crippen LogP contribution is 2.37. The van der Waals surface area contributed by atoms with Crippen molar-refractivity contribution >= 4 is 17.3 Å². The van der Waals surface area contributed by atoms with Crippen LogP contribution in [0.25, 0.3) is 0 Å². The van der Waals surface area contributed by atoms with Crippen LogP contribution in [0, 0.1) is 6.92 Å². The maximum absolute atomic E-state index is 5.98. The molecule has 1 saturated heterocycles. The van der Waals surface area contributed by atoms with Crippen LogP contribution in [-0.4, -0.2) is 25.0 Å². The summed E-state index contributed by atoms with van der Waals surface area (Å²) in [5, 5.41) is 4.40. The average molecular weight is 282 g/mol. The maximum Gasteiger partial charge on any atom is 0.168 e. The number of ether oxygens (including phenoxy) is 2. The van der Waals surface area contributed by atoms with E-state index in [9.17, 15) is 0 Å². The number of benzene rings is 1. The second-order valence-electron chi connectivity index (χ2n) is 5.49. The smallest absolute Gasteiger partial charge is 0.168 e. The van der Waals surface area contributed by atoms with Gasteiger partial charge in [-0.25, -0.2) is 0 Å². The summed E-state index contributed by atoms with van der Waals surface area (Å²) in [6, 6.07) is 6.49. The minimum Gasteiger partial charge on any atom is -0.382 e. The summed E-state index contributed by atoms with van der Waals surface area (Å²) in [4.78, 5) is 0. The quantitative estimate of drug-likeness (QED) is 0.896. The first-order valence-corrected chi connectivity index (χ1v) is 7.35. The molecule has 19 heavy (non-hydrogen) atoms. The summed E-state index contributed by atoms with van der Waals surface area (Å²) < 4.78 is 11.5. The number of hydrogen-bond donors (Lipinski definition) is 1. The predicted molar refractivity (Wildman–Crippen MR) is 76.7 cm³/mol. The molecule has 1 heterocycles. The molecule has 1 aromatic carbocycles. The van der Waals surface area contributed by atoms with Crippen LogP contribution in [0.4, 0.5) is 5.69 Å². The maximum atomic E-state index is 5.98. The highest BCUT2D eigenvalue weighted by Gasteiger charge is 2.40. The lowest BCUT2D eigenvalue weighted by Gasteiger charge is -2.36. The van der Waals surface area contributed by atoms with Crippen molar-refractivity contribution in [3.8, 4) is 0 Å². The molecule has 0 bridgehead atoms. The van der Waals surface area contributed by atoms with Crippen LogP contribution in [0.3, 0.4) is 0 Å². The highest BCUT2D eigenvalue weighted by atomic mass is 35.5. The van der Waals surface area contributed by atoms with Gasteiger partial charge in [-0.1, -0.05) is 11.6 Å². The van der Waals surface area contributed by atoms with Crippen LogP contribution < -0.4 is 5.32 Å². The van der Waals surface area contributed by atoms with Gasteiger partial charge < -0.3 is 14.8 Å². The van der Waals surface area contributed by atoms with E-state index in [1.165, 1.54) is 11.3 Å². The molecule has 3 rings (SSSR count). The van der Waals surface area contributed by atoms with Gasteiger partial charge >= 0.3 is 0 Å². The summed E-state index contributed by atoms with van der Waals surface area (Å²) in [5.74, 6) is -0.271. The number of hydrogen-bond acceptors (Lipinski definition) is 3. The third-order valence-corrected chi connectivity index (χ3v) is 4.34. The van der Waals surface area contributed by atoms with Crippen LogP contribution in [-0.2, 0) is 9.47 Å².